The molecule has 1 rings (SSSR count). The number of ether oxygens (including phenoxy) is 2. The molecule has 15 heavy (non-hydrogen) atoms. The number of hydrogen-bond acceptors (Lipinski definition) is 4. The molecule has 1 heterocycles. The summed E-state index contributed by atoms with van der Waals surface area (Å²) in [5.41, 5.74) is 0. The molecule has 0 aliphatic carbocycles. The molecular weight excluding hydrogens is 196 g/mol. The predicted octanol–water partition coefficient (Wildman–Crippen LogP) is 1.53. The van der Waals surface area contributed by atoms with Gasteiger partial charge in [-0.2, -0.15) is 0 Å². The Hall–Kier alpha value is -1.06. The lowest BCUT2D eigenvalue weighted by Gasteiger charge is -2.18. The molecule has 4 heteroatoms. The van der Waals surface area contributed by atoms with Crippen LogP contribution in [-0.2, 0) is 19.1 Å². The van der Waals surface area contributed by atoms with E-state index < -0.39 is 12.0 Å². The van der Waals surface area contributed by atoms with Gasteiger partial charge in [0.25, 0.3) is 0 Å². The fraction of sp³-hybridized carbons (Fsp3) is 0.818. The Morgan fingerprint density at radius 1 is 1.00 bits per heavy atom. The molecule has 4 atom stereocenters. The molecule has 0 radical (unpaired) electrons. The first-order chi connectivity index (χ1) is 6.91. The van der Waals surface area contributed by atoms with E-state index in [1.54, 1.807) is 27.7 Å². The van der Waals surface area contributed by atoms with Crippen LogP contribution in [0.15, 0.2) is 0 Å². The Balaban J connectivity index is 2.81. The molecule has 0 N–H and O–H groups in total. The average Bonchev–Trinajstić information content (AvgIpc) is 2.16. The molecule has 1 aliphatic heterocycles. The van der Waals surface area contributed by atoms with Crippen LogP contribution in [0.5, 0.6) is 0 Å². The summed E-state index contributed by atoms with van der Waals surface area (Å²) in [7, 11) is 0. The van der Waals surface area contributed by atoms with Crippen molar-refractivity contribution in [2.75, 3.05) is 0 Å². The van der Waals surface area contributed by atoms with Gasteiger partial charge in [-0.05, 0) is 27.2 Å². The molecular formula is C11H18O4. The molecule has 4 nitrogen and oxygen atoms in total. The van der Waals surface area contributed by atoms with Crippen LogP contribution in [0.25, 0.3) is 0 Å². The lowest BCUT2D eigenvalue weighted by Crippen LogP contribution is -2.29. The summed E-state index contributed by atoms with van der Waals surface area (Å²) in [6.45, 7) is 7.01. The van der Waals surface area contributed by atoms with Crippen molar-refractivity contribution in [3.05, 3.63) is 0 Å². The Bertz CT molecular complexity index is 261. The normalized spacial score (nSPS) is 38.4. The SMILES string of the molecule is C[C@@H]1C[C@H](C)OC(=O)[C@@H](C)[C@@H](C)OC1=O. The van der Waals surface area contributed by atoms with Gasteiger partial charge in [-0.3, -0.25) is 9.59 Å². The van der Waals surface area contributed by atoms with Gasteiger partial charge in [0, 0.05) is 0 Å². The zero-order chi connectivity index (χ0) is 11.6. The van der Waals surface area contributed by atoms with Gasteiger partial charge in [0.05, 0.1) is 17.9 Å². The molecule has 0 bridgehead atoms. The summed E-state index contributed by atoms with van der Waals surface area (Å²) in [4.78, 5) is 23.1. The van der Waals surface area contributed by atoms with E-state index in [-0.39, 0.29) is 24.0 Å². The first-order valence-electron chi connectivity index (χ1n) is 5.32. The standard InChI is InChI=1S/C11H18O4/c1-6-5-7(2)14-11(13)8(3)9(4)15-10(6)12/h6-9H,5H2,1-4H3/t6-,7+,8+,9-/m1/s1. The van der Waals surface area contributed by atoms with Crippen LogP contribution >= 0.6 is 0 Å². The summed E-state index contributed by atoms with van der Waals surface area (Å²) in [5, 5.41) is 0. The van der Waals surface area contributed by atoms with Crippen molar-refractivity contribution >= 4 is 11.9 Å². The lowest BCUT2D eigenvalue weighted by molar-refractivity contribution is -0.159. The largest absolute Gasteiger partial charge is 0.462 e. The first-order valence-corrected chi connectivity index (χ1v) is 5.32. The van der Waals surface area contributed by atoms with Crippen LogP contribution in [0.1, 0.15) is 34.1 Å². The fourth-order valence-electron chi connectivity index (χ4n) is 1.54. The third-order valence-electron chi connectivity index (χ3n) is 2.78. The van der Waals surface area contributed by atoms with Crippen LogP contribution in [0, 0.1) is 11.8 Å². The summed E-state index contributed by atoms with van der Waals surface area (Å²) >= 11 is 0. The van der Waals surface area contributed by atoms with Gasteiger partial charge >= 0.3 is 11.9 Å². The quantitative estimate of drug-likeness (QED) is 0.574. The number of cyclic esters (lactones) is 2. The molecule has 0 unspecified atom stereocenters. The summed E-state index contributed by atoms with van der Waals surface area (Å²) in [6, 6.07) is 0. The number of carbonyl (C=O) groups is 2. The van der Waals surface area contributed by atoms with Crippen molar-refractivity contribution in [3.63, 3.8) is 0 Å². The molecule has 0 aromatic carbocycles. The summed E-state index contributed by atoms with van der Waals surface area (Å²) < 4.78 is 10.4. The van der Waals surface area contributed by atoms with Crippen LogP contribution in [0.4, 0.5) is 0 Å². The Labute approximate surface area is 89.9 Å². The Morgan fingerprint density at radius 2 is 1.60 bits per heavy atom. The van der Waals surface area contributed by atoms with Gasteiger partial charge in [-0.25, -0.2) is 0 Å². The van der Waals surface area contributed by atoms with Gasteiger partial charge in [0.2, 0.25) is 0 Å². The van der Waals surface area contributed by atoms with Crippen molar-refractivity contribution in [1.29, 1.82) is 0 Å². The fourth-order valence-corrected chi connectivity index (χ4v) is 1.54. The molecule has 86 valence electrons. The smallest absolute Gasteiger partial charge is 0.312 e. The van der Waals surface area contributed by atoms with E-state index in [0.29, 0.717) is 6.42 Å². The van der Waals surface area contributed by atoms with E-state index >= 15 is 0 Å². The first kappa shape index (κ1) is 12.0. The van der Waals surface area contributed by atoms with Crippen LogP contribution in [-0.4, -0.2) is 24.1 Å². The summed E-state index contributed by atoms with van der Waals surface area (Å²) in [5.74, 6) is -1.17. The van der Waals surface area contributed by atoms with Crippen LogP contribution in [0.3, 0.4) is 0 Å². The van der Waals surface area contributed by atoms with Crippen LogP contribution < -0.4 is 0 Å². The predicted molar refractivity (Wildman–Crippen MR) is 54.1 cm³/mol. The third-order valence-corrected chi connectivity index (χ3v) is 2.78. The minimum absolute atomic E-state index is 0.222. The average molecular weight is 214 g/mol. The third kappa shape index (κ3) is 2.94. The Kier molecular flexibility index (Phi) is 3.72. The van der Waals surface area contributed by atoms with Crippen molar-refractivity contribution in [2.24, 2.45) is 11.8 Å². The highest BCUT2D eigenvalue weighted by molar-refractivity contribution is 5.76. The highest BCUT2D eigenvalue weighted by Gasteiger charge is 2.31. The molecule has 0 aromatic rings. The Morgan fingerprint density at radius 3 is 2.20 bits per heavy atom. The van der Waals surface area contributed by atoms with Crippen molar-refractivity contribution in [1.82, 2.24) is 0 Å². The molecule has 1 fully saturated rings. The maximum atomic E-state index is 11.5. The highest BCUT2D eigenvalue weighted by Crippen LogP contribution is 2.19. The maximum absolute atomic E-state index is 11.5. The lowest BCUT2D eigenvalue weighted by atomic mass is 10.1. The maximum Gasteiger partial charge on any atom is 0.312 e. The molecule has 1 saturated heterocycles. The topological polar surface area (TPSA) is 52.6 Å². The van der Waals surface area contributed by atoms with Crippen molar-refractivity contribution in [2.45, 2.75) is 46.3 Å². The van der Waals surface area contributed by atoms with E-state index in [1.165, 1.54) is 0 Å². The van der Waals surface area contributed by atoms with Gasteiger partial charge in [0.15, 0.2) is 0 Å². The second-order valence-electron chi connectivity index (χ2n) is 4.31. The second-order valence-corrected chi connectivity index (χ2v) is 4.31. The number of rotatable bonds is 0. The zero-order valence-electron chi connectivity index (χ0n) is 9.65. The number of hydrogen-bond donors (Lipinski definition) is 0. The van der Waals surface area contributed by atoms with Gasteiger partial charge in [-0.1, -0.05) is 6.92 Å². The van der Waals surface area contributed by atoms with Crippen molar-refractivity contribution in [3.8, 4) is 0 Å². The van der Waals surface area contributed by atoms with E-state index in [0.717, 1.165) is 0 Å². The monoisotopic (exact) mass is 214 g/mol. The van der Waals surface area contributed by atoms with Gasteiger partial charge < -0.3 is 9.47 Å². The van der Waals surface area contributed by atoms with E-state index in [4.69, 9.17) is 9.47 Å². The number of esters is 2. The minimum Gasteiger partial charge on any atom is -0.462 e. The van der Waals surface area contributed by atoms with E-state index in [2.05, 4.69) is 0 Å². The number of carbonyl (C=O) groups excluding carboxylic acids is 2. The minimum atomic E-state index is -0.419. The molecule has 1 aliphatic rings. The zero-order valence-corrected chi connectivity index (χ0v) is 9.65. The molecule has 0 aromatic heterocycles. The van der Waals surface area contributed by atoms with E-state index in [9.17, 15) is 9.59 Å². The molecule has 0 spiro atoms. The molecule has 0 amide bonds. The van der Waals surface area contributed by atoms with Gasteiger partial charge in [0.1, 0.15) is 6.10 Å². The second kappa shape index (κ2) is 4.64. The van der Waals surface area contributed by atoms with Crippen molar-refractivity contribution < 1.29 is 19.1 Å². The summed E-state index contributed by atoms with van der Waals surface area (Å²) in [6.07, 6.45) is -0.130. The highest BCUT2D eigenvalue weighted by atomic mass is 16.6. The van der Waals surface area contributed by atoms with E-state index in [1.807, 2.05) is 0 Å². The van der Waals surface area contributed by atoms with Gasteiger partial charge in [-0.15, -0.1) is 0 Å². The molecule has 0 saturated carbocycles. The van der Waals surface area contributed by atoms with Crippen LogP contribution in [0.2, 0.25) is 0 Å².